The second-order valence-electron chi connectivity index (χ2n) is 7.76. The fourth-order valence-electron chi connectivity index (χ4n) is 3.67. The highest BCUT2D eigenvalue weighted by molar-refractivity contribution is 7.98. The van der Waals surface area contributed by atoms with E-state index in [1.54, 1.807) is 41.1 Å². The van der Waals surface area contributed by atoms with Crippen LogP contribution in [0.25, 0.3) is 16.6 Å². The molecule has 11 heteroatoms. The highest BCUT2D eigenvalue weighted by atomic mass is 35.5. The first-order valence-electron chi connectivity index (χ1n) is 10.8. The lowest BCUT2D eigenvalue weighted by Crippen LogP contribution is -2.25. The van der Waals surface area contributed by atoms with Gasteiger partial charge in [-0.1, -0.05) is 83.5 Å². The number of nitrogens with zero attached hydrogens (tertiary/aromatic N) is 4. The van der Waals surface area contributed by atoms with Gasteiger partial charge in [-0.05, 0) is 35.9 Å². The molecule has 36 heavy (non-hydrogen) atoms. The number of benzene rings is 3. The van der Waals surface area contributed by atoms with Crippen molar-refractivity contribution in [2.24, 2.45) is 0 Å². The lowest BCUT2D eigenvalue weighted by molar-refractivity contribution is 0.579. The molecule has 5 rings (SSSR count). The van der Waals surface area contributed by atoms with Gasteiger partial charge in [-0.3, -0.25) is 9.55 Å². The molecular weight excluding hydrogens is 537 g/mol. The third kappa shape index (κ3) is 5.25. The maximum Gasteiger partial charge on any atom is 0.243 e. The first-order chi connectivity index (χ1) is 17.4. The van der Waals surface area contributed by atoms with Crippen LogP contribution in [0, 0.1) is 0 Å². The fraction of sp³-hybridized carbons (Fsp3) is 0.0800. The van der Waals surface area contributed by atoms with Crippen molar-refractivity contribution in [3.05, 3.63) is 106 Å². The molecule has 2 heterocycles. The van der Waals surface area contributed by atoms with Crippen LogP contribution in [0.1, 0.15) is 11.4 Å². The second kappa shape index (κ2) is 10.6. The second-order valence-corrected chi connectivity index (χ2v) is 11.3. The van der Waals surface area contributed by atoms with Crippen LogP contribution in [-0.4, -0.2) is 28.2 Å². The Bertz CT molecular complexity index is 1640. The number of halogens is 2. The van der Waals surface area contributed by atoms with Crippen molar-refractivity contribution >= 4 is 55.9 Å². The Labute approximate surface area is 222 Å². The monoisotopic (exact) mass is 555 g/mol. The summed E-state index contributed by atoms with van der Waals surface area (Å²) in [6.07, 6.45) is 1.57. The molecule has 0 aliphatic rings. The maximum atomic E-state index is 13.2. The Morgan fingerprint density at radius 1 is 0.917 bits per heavy atom. The molecule has 0 spiro atoms. The minimum atomic E-state index is -3.90. The maximum absolute atomic E-state index is 13.2. The minimum Gasteiger partial charge on any atom is -0.271 e. The molecule has 0 fully saturated rings. The lowest BCUT2D eigenvalue weighted by atomic mass is 10.2. The summed E-state index contributed by atoms with van der Waals surface area (Å²) in [4.78, 5) is 4.35. The van der Waals surface area contributed by atoms with Crippen molar-refractivity contribution in [3.63, 3.8) is 0 Å². The number of thioether (sulfide) groups is 1. The summed E-state index contributed by atoms with van der Waals surface area (Å²) in [6, 6.07) is 23.7. The number of para-hydroxylation sites is 1. The molecule has 2 aromatic heterocycles. The van der Waals surface area contributed by atoms with Gasteiger partial charge in [0.05, 0.1) is 22.8 Å². The number of hydrogen-bond donors (Lipinski definition) is 1. The van der Waals surface area contributed by atoms with E-state index in [-0.39, 0.29) is 11.4 Å². The molecule has 0 atom stereocenters. The summed E-state index contributed by atoms with van der Waals surface area (Å²) in [6.45, 7) is -0.108. The number of nitrogens with one attached hydrogen (secondary N) is 1. The van der Waals surface area contributed by atoms with Gasteiger partial charge in [0.15, 0.2) is 11.0 Å². The molecule has 0 saturated carbocycles. The Hall–Kier alpha value is -2.95. The standard InChI is InChI=1S/C25H19Cl2N5O2S2/c26-19-11-12-21(20(27)14-19)32-23(30-31-25(32)35-16-17-6-2-1-3-7-17)15-29-36(33,34)22-10-4-8-18-9-5-13-28-24(18)22/h1-14,29H,15-16H2. The molecular formula is C25H19Cl2N5O2S2. The molecule has 0 aliphatic carbocycles. The lowest BCUT2D eigenvalue weighted by Gasteiger charge is -2.13. The summed E-state index contributed by atoms with van der Waals surface area (Å²) < 4.78 is 30.9. The minimum absolute atomic E-state index is 0.0925. The summed E-state index contributed by atoms with van der Waals surface area (Å²) in [5.41, 5.74) is 2.11. The number of fused-ring (bicyclic) bond motifs is 1. The van der Waals surface area contributed by atoms with Crippen molar-refractivity contribution < 1.29 is 8.42 Å². The highest BCUT2D eigenvalue weighted by Gasteiger charge is 2.22. The molecule has 182 valence electrons. The van der Waals surface area contributed by atoms with Crippen LogP contribution in [0.15, 0.2) is 95.1 Å². The van der Waals surface area contributed by atoms with Gasteiger partial charge in [0, 0.05) is 22.4 Å². The van der Waals surface area contributed by atoms with E-state index in [2.05, 4.69) is 19.9 Å². The van der Waals surface area contributed by atoms with Crippen LogP contribution >= 0.6 is 35.0 Å². The van der Waals surface area contributed by atoms with Crippen molar-refractivity contribution in [2.45, 2.75) is 22.3 Å². The quantitative estimate of drug-likeness (QED) is 0.240. The van der Waals surface area contributed by atoms with Gasteiger partial charge in [0.1, 0.15) is 4.90 Å². The van der Waals surface area contributed by atoms with Crippen LogP contribution in [0.3, 0.4) is 0 Å². The van der Waals surface area contributed by atoms with E-state index in [1.165, 1.54) is 17.8 Å². The van der Waals surface area contributed by atoms with E-state index in [0.717, 1.165) is 10.9 Å². The molecule has 0 aliphatic heterocycles. The third-order valence-corrected chi connectivity index (χ3v) is 8.34. The number of aromatic nitrogens is 4. The number of pyridine rings is 1. The number of rotatable bonds is 8. The summed E-state index contributed by atoms with van der Waals surface area (Å²) >= 11 is 14.1. The summed E-state index contributed by atoms with van der Waals surface area (Å²) in [5.74, 6) is 1.03. The van der Waals surface area contributed by atoms with Crippen LogP contribution in [0.2, 0.25) is 10.0 Å². The van der Waals surface area contributed by atoms with Crippen LogP contribution in [0.5, 0.6) is 0 Å². The third-order valence-electron chi connectivity index (χ3n) is 5.37. The van der Waals surface area contributed by atoms with Crippen molar-refractivity contribution in [1.29, 1.82) is 0 Å². The van der Waals surface area contributed by atoms with E-state index in [4.69, 9.17) is 23.2 Å². The smallest absolute Gasteiger partial charge is 0.243 e. The molecule has 0 saturated heterocycles. The molecule has 5 aromatic rings. The van der Waals surface area contributed by atoms with Gasteiger partial charge >= 0.3 is 0 Å². The Morgan fingerprint density at radius 3 is 2.53 bits per heavy atom. The fourth-order valence-corrected chi connectivity index (χ4v) is 6.24. The molecule has 0 bridgehead atoms. The molecule has 3 aromatic carbocycles. The van der Waals surface area contributed by atoms with Crippen molar-refractivity contribution in [3.8, 4) is 5.69 Å². The van der Waals surface area contributed by atoms with E-state index in [9.17, 15) is 8.42 Å². The number of hydrogen-bond acceptors (Lipinski definition) is 6. The van der Waals surface area contributed by atoms with Crippen molar-refractivity contribution in [1.82, 2.24) is 24.5 Å². The average molecular weight is 557 g/mol. The van der Waals surface area contributed by atoms with E-state index in [1.807, 2.05) is 42.5 Å². The van der Waals surface area contributed by atoms with Crippen molar-refractivity contribution in [2.75, 3.05) is 0 Å². The van der Waals surface area contributed by atoms with Gasteiger partial charge < -0.3 is 0 Å². The number of sulfonamides is 1. The predicted octanol–water partition coefficient (Wildman–Crippen LogP) is 5.89. The normalized spacial score (nSPS) is 11.7. The zero-order valence-corrected chi connectivity index (χ0v) is 21.8. The van der Waals surface area contributed by atoms with Crippen LogP contribution in [-0.2, 0) is 22.3 Å². The van der Waals surface area contributed by atoms with E-state index >= 15 is 0 Å². The van der Waals surface area contributed by atoms with Gasteiger partial charge in [-0.15, -0.1) is 10.2 Å². The van der Waals surface area contributed by atoms with Gasteiger partial charge in [-0.25, -0.2) is 13.1 Å². The molecule has 1 N–H and O–H groups in total. The van der Waals surface area contributed by atoms with Crippen LogP contribution < -0.4 is 4.72 Å². The Morgan fingerprint density at radius 2 is 1.72 bits per heavy atom. The largest absolute Gasteiger partial charge is 0.271 e. The SMILES string of the molecule is O=S(=O)(NCc1nnc(SCc2ccccc2)n1-c1ccc(Cl)cc1Cl)c1cccc2cccnc12. The van der Waals surface area contributed by atoms with Gasteiger partial charge in [-0.2, -0.15) is 0 Å². The summed E-state index contributed by atoms with van der Waals surface area (Å²) in [7, 11) is -3.90. The zero-order chi connectivity index (χ0) is 25.1. The first-order valence-corrected chi connectivity index (χ1v) is 14.0. The molecule has 0 amide bonds. The molecule has 0 unspecified atom stereocenters. The van der Waals surface area contributed by atoms with Gasteiger partial charge in [0.2, 0.25) is 10.0 Å². The predicted molar refractivity (Wildman–Crippen MR) is 143 cm³/mol. The van der Waals surface area contributed by atoms with Crippen LogP contribution in [0.4, 0.5) is 0 Å². The van der Waals surface area contributed by atoms with E-state index < -0.39 is 10.0 Å². The Balaban J connectivity index is 1.48. The van der Waals surface area contributed by atoms with Gasteiger partial charge in [0.25, 0.3) is 0 Å². The zero-order valence-electron chi connectivity index (χ0n) is 18.7. The topological polar surface area (TPSA) is 89.8 Å². The average Bonchev–Trinajstić information content (AvgIpc) is 3.29. The molecule has 7 nitrogen and oxygen atoms in total. The summed E-state index contributed by atoms with van der Waals surface area (Å²) in [5, 5.41) is 10.8. The first kappa shape index (κ1) is 24.7. The van der Waals surface area contributed by atoms with E-state index in [0.29, 0.717) is 38.0 Å². The highest BCUT2D eigenvalue weighted by Crippen LogP contribution is 2.31. The molecule has 0 radical (unpaired) electrons. The Kier molecular flexibility index (Phi) is 7.27.